The maximum absolute atomic E-state index is 3.43. The molecule has 0 fully saturated rings. The van der Waals surface area contributed by atoms with Gasteiger partial charge >= 0.3 is 26.2 Å². The van der Waals surface area contributed by atoms with Crippen LogP contribution in [0.5, 0.6) is 0 Å². The summed E-state index contributed by atoms with van der Waals surface area (Å²) in [6, 6.07) is 17.6. The molecule has 0 bridgehead atoms. The minimum atomic E-state index is 0. The number of halogens is 2. The molecular formula is C30H34Cl2Zr. The molecule has 0 amide bonds. The van der Waals surface area contributed by atoms with E-state index in [0.717, 1.165) is 12.8 Å². The van der Waals surface area contributed by atoms with Crippen molar-refractivity contribution < 1.29 is 51.0 Å². The Bertz CT molecular complexity index is 944. The van der Waals surface area contributed by atoms with Crippen molar-refractivity contribution in [2.24, 2.45) is 11.8 Å². The van der Waals surface area contributed by atoms with E-state index in [-0.39, 0.29) is 51.0 Å². The maximum Gasteiger partial charge on any atom is 4.00 e. The average Bonchev–Trinajstić information content (AvgIpc) is 3.28. The van der Waals surface area contributed by atoms with Gasteiger partial charge in [0.15, 0.2) is 0 Å². The molecule has 33 heavy (non-hydrogen) atoms. The van der Waals surface area contributed by atoms with E-state index in [2.05, 4.69) is 114 Å². The Morgan fingerprint density at radius 3 is 1.30 bits per heavy atom. The Labute approximate surface area is 233 Å². The van der Waals surface area contributed by atoms with Crippen molar-refractivity contribution >= 4 is 11.1 Å². The fourth-order valence-corrected chi connectivity index (χ4v) is 4.21. The van der Waals surface area contributed by atoms with Gasteiger partial charge in [0, 0.05) is 0 Å². The van der Waals surface area contributed by atoms with E-state index in [1.807, 2.05) is 0 Å². The Morgan fingerprint density at radius 1 is 0.667 bits per heavy atom. The summed E-state index contributed by atoms with van der Waals surface area (Å²) in [7, 11) is 0. The molecule has 0 nitrogen and oxygen atoms in total. The predicted molar refractivity (Wildman–Crippen MR) is 131 cm³/mol. The van der Waals surface area contributed by atoms with Crippen LogP contribution in [0.2, 0.25) is 0 Å². The van der Waals surface area contributed by atoms with Crippen LogP contribution < -0.4 is 24.8 Å². The van der Waals surface area contributed by atoms with Crippen molar-refractivity contribution in [3.63, 3.8) is 0 Å². The van der Waals surface area contributed by atoms with Gasteiger partial charge in [-0.15, -0.1) is 11.1 Å². The molecule has 2 aliphatic carbocycles. The summed E-state index contributed by atoms with van der Waals surface area (Å²) in [5.74, 6) is 0.926. The number of allylic oxidation sites excluding steroid dienone is 8. The molecule has 2 unspecified atom stereocenters. The van der Waals surface area contributed by atoms with Gasteiger partial charge in [-0.25, -0.2) is 11.1 Å². The van der Waals surface area contributed by atoms with Gasteiger partial charge in [-0.2, -0.15) is 23.3 Å². The fourth-order valence-electron chi connectivity index (χ4n) is 4.21. The number of rotatable bonds is 4. The van der Waals surface area contributed by atoms with E-state index in [9.17, 15) is 0 Å². The molecule has 4 rings (SSSR count). The fraction of sp³-hybridized carbons (Fsp3) is 0.333. The Morgan fingerprint density at radius 2 is 1.03 bits per heavy atom. The first-order chi connectivity index (χ1) is 14.4. The molecular weight excluding hydrogens is 522 g/mol. The van der Waals surface area contributed by atoms with Gasteiger partial charge in [-0.1, -0.05) is 102 Å². The molecule has 2 aromatic rings. The molecule has 2 aromatic carbocycles. The first-order valence-electron chi connectivity index (χ1n) is 11.2. The zero-order chi connectivity index (χ0) is 21.7. The second-order valence-corrected chi connectivity index (χ2v) is 8.38. The summed E-state index contributed by atoms with van der Waals surface area (Å²) in [5.41, 5.74) is 10.8. The van der Waals surface area contributed by atoms with Gasteiger partial charge in [0.05, 0.1) is 0 Å². The molecule has 0 heterocycles. The van der Waals surface area contributed by atoms with E-state index in [1.54, 1.807) is 0 Å². The van der Waals surface area contributed by atoms with Gasteiger partial charge in [0.1, 0.15) is 0 Å². The van der Waals surface area contributed by atoms with Crippen LogP contribution in [0.4, 0.5) is 0 Å². The van der Waals surface area contributed by atoms with Crippen LogP contribution >= 0.6 is 0 Å². The van der Waals surface area contributed by atoms with Crippen molar-refractivity contribution in [1.82, 2.24) is 0 Å². The van der Waals surface area contributed by atoms with E-state index < -0.39 is 0 Å². The van der Waals surface area contributed by atoms with E-state index in [0.29, 0.717) is 11.8 Å². The third kappa shape index (κ3) is 8.54. The number of benzene rings is 2. The van der Waals surface area contributed by atoms with Crippen molar-refractivity contribution in [2.75, 3.05) is 0 Å². The van der Waals surface area contributed by atoms with Gasteiger partial charge < -0.3 is 24.8 Å². The molecule has 0 saturated carbocycles. The standard InChI is InChI=1S/2C15H17.2ClH.Zr/c2*1-4-13-6-5-7-14(10-13)15-9-11(2)8-12(15)3;;;/h2*5-7,9-11H,4H2,1-3H3;2*1H;/q2*-1;;;+4/p-2. The summed E-state index contributed by atoms with van der Waals surface area (Å²) in [6.07, 6.45) is 13.6. The molecule has 0 radical (unpaired) electrons. The second kappa shape index (κ2) is 15.0. The SMILES string of the molecule is CCc1cccc(C2=CC(C)[C-]=C2C)c1.CCc1cccc(C2=CC(C)[C-]=C2C)c1.[Cl-].[Cl-].[Zr+4]. The first-order valence-corrected chi connectivity index (χ1v) is 11.2. The molecule has 0 spiro atoms. The topological polar surface area (TPSA) is 0 Å². The normalized spacial score (nSPS) is 18.2. The van der Waals surface area contributed by atoms with E-state index in [1.165, 1.54) is 44.5 Å². The largest absolute Gasteiger partial charge is 4.00 e. The van der Waals surface area contributed by atoms with Gasteiger partial charge in [-0.3, -0.25) is 12.2 Å². The third-order valence-electron chi connectivity index (χ3n) is 5.82. The molecule has 2 atom stereocenters. The molecule has 0 aromatic heterocycles. The van der Waals surface area contributed by atoms with Crippen molar-refractivity contribution in [1.29, 1.82) is 0 Å². The predicted octanol–water partition coefficient (Wildman–Crippen LogP) is 2.07. The van der Waals surface area contributed by atoms with Crippen LogP contribution in [0.1, 0.15) is 63.8 Å². The zero-order valence-electron chi connectivity index (χ0n) is 20.6. The van der Waals surface area contributed by atoms with Gasteiger partial charge in [0.25, 0.3) is 0 Å². The molecule has 2 aliphatic rings. The van der Waals surface area contributed by atoms with E-state index >= 15 is 0 Å². The van der Waals surface area contributed by atoms with Crippen LogP contribution in [0.25, 0.3) is 11.1 Å². The van der Waals surface area contributed by atoms with Crippen LogP contribution in [-0.4, -0.2) is 0 Å². The minimum absolute atomic E-state index is 0. The van der Waals surface area contributed by atoms with Crippen molar-refractivity contribution in [3.05, 3.63) is 106 Å². The summed E-state index contributed by atoms with van der Waals surface area (Å²) in [6.45, 7) is 13.0. The number of aryl methyl sites for hydroxylation is 2. The molecule has 0 aliphatic heterocycles. The number of hydrogen-bond donors (Lipinski definition) is 0. The summed E-state index contributed by atoms with van der Waals surface area (Å²) in [5, 5.41) is 0. The average molecular weight is 557 g/mol. The number of hydrogen-bond acceptors (Lipinski definition) is 0. The second-order valence-electron chi connectivity index (χ2n) is 8.38. The molecule has 0 N–H and O–H groups in total. The zero-order valence-corrected chi connectivity index (χ0v) is 24.6. The molecule has 172 valence electrons. The Balaban J connectivity index is 0.000000569. The smallest absolute Gasteiger partial charge is 1.00 e. The molecule has 3 heteroatoms. The van der Waals surface area contributed by atoms with Crippen LogP contribution in [-0.2, 0) is 39.0 Å². The van der Waals surface area contributed by atoms with Crippen molar-refractivity contribution in [3.8, 4) is 0 Å². The maximum atomic E-state index is 3.43. The molecule has 0 saturated heterocycles. The minimum Gasteiger partial charge on any atom is -1.00 e. The summed E-state index contributed by atoms with van der Waals surface area (Å²) in [4.78, 5) is 0. The monoisotopic (exact) mass is 554 g/mol. The first kappa shape index (κ1) is 31.9. The van der Waals surface area contributed by atoms with Gasteiger partial charge in [-0.05, 0) is 24.0 Å². The van der Waals surface area contributed by atoms with E-state index in [4.69, 9.17) is 0 Å². The Kier molecular flexibility index (Phi) is 14.5. The van der Waals surface area contributed by atoms with Crippen LogP contribution in [0, 0.1) is 24.0 Å². The van der Waals surface area contributed by atoms with Gasteiger partial charge in [0.2, 0.25) is 0 Å². The summed E-state index contributed by atoms with van der Waals surface area (Å²) < 4.78 is 0. The van der Waals surface area contributed by atoms with Crippen LogP contribution in [0.3, 0.4) is 0 Å². The third-order valence-corrected chi connectivity index (χ3v) is 5.82. The Hall–Kier alpha value is -1.14. The summed E-state index contributed by atoms with van der Waals surface area (Å²) >= 11 is 0. The van der Waals surface area contributed by atoms with Crippen molar-refractivity contribution in [2.45, 2.75) is 54.4 Å². The van der Waals surface area contributed by atoms with Crippen LogP contribution in [0.15, 0.2) is 71.8 Å². The quantitative estimate of drug-likeness (QED) is 0.506.